The highest BCUT2D eigenvalue weighted by Gasteiger charge is 2.09. The number of benzene rings is 2. The van der Waals surface area contributed by atoms with Crippen molar-refractivity contribution in [3.8, 4) is 5.75 Å². The second kappa shape index (κ2) is 12.0. The van der Waals surface area contributed by atoms with Crippen LogP contribution in [-0.4, -0.2) is 55.8 Å². The molecule has 4 rings (SSSR count). The highest BCUT2D eigenvalue weighted by molar-refractivity contribution is 7.97. The fourth-order valence-corrected chi connectivity index (χ4v) is 5.02. The van der Waals surface area contributed by atoms with Crippen LogP contribution < -0.4 is 14.8 Å². The normalized spacial score (nSPS) is 14.8. The molecule has 32 heavy (non-hydrogen) atoms. The van der Waals surface area contributed by atoms with E-state index in [1.54, 1.807) is 11.9 Å². The third-order valence-corrected chi connectivity index (χ3v) is 6.99. The molecule has 7 heteroatoms. The van der Waals surface area contributed by atoms with Crippen LogP contribution in [0.2, 0.25) is 5.02 Å². The first-order valence-electron chi connectivity index (χ1n) is 11.5. The van der Waals surface area contributed by atoms with Crippen molar-refractivity contribution in [2.45, 2.75) is 31.1 Å². The monoisotopic (exact) mass is 472 g/mol. The Balaban J connectivity index is 1.13. The zero-order chi connectivity index (χ0) is 22.2. The van der Waals surface area contributed by atoms with Gasteiger partial charge in [-0.3, -0.25) is 4.72 Å². The fraction of sp³-hybridized carbons (Fsp3) is 0.440. The molecule has 3 aromatic rings. The van der Waals surface area contributed by atoms with Gasteiger partial charge in [0.1, 0.15) is 5.75 Å². The van der Waals surface area contributed by atoms with Crippen molar-refractivity contribution in [3.05, 3.63) is 58.7 Å². The largest absolute Gasteiger partial charge is 0.494 e. The second-order valence-electron chi connectivity index (χ2n) is 8.28. The number of hydrogen-bond acceptors (Lipinski definition) is 5. The fourth-order valence-electron chi connectivity index (χ4n) is 4.17. The summed E-state index contributed by atoms with van der Waals surface area (Å²) in [5.74, 6) is 0.947. The van der Waals surface area contributed by atoms with Gasteiger partial charge in [-0.15, -0.1) is 0 Å². The van der Waals surface area contributed by atoms with E-state index in [0.29, 0.717) is 0 Å². The van der Waals surface area contributed by atoms with E-state index in [9.17, 15) is 0 Å². The third-order valence-electron chi connectivity index (χ3n) is 5.90. The van der Waals surface area contributed by atoms with Crippen LogP contribution in [0.25, 0.3) is 10.9 Å². The number of rotatable bonds is 11. The van der Waals surface area contributed by atoms with Crippen LogP contribution in [0, 0.1) is 6.92 Å². The number of nitrogens with zero attached hydrogens (tertiary/aromatic N) is 1. The summed E-state index contributed by atoms with van der Waals surface area (Å²) in [6, 6.07) is 14.4. The summed E-state index contributed by atoms with van der Waals surface area (Å²) in [4.78, 5) is 7.16. The molecule has 0 atom stereocenters. The molecule has 1 aliphatic rings. The van der Waals surface area contributed by atoms with E-state index in [4.69, 9.17) is 16.3 Å². The minimum absolute atomic E-state index is 0.771. The quantitative estimate of drug-likeness (QED) is 0.270. The zero-order valence-electron chi connectivity index (χ0n) is 18.8. The van der Waals surface area contributed by atoms with E-state index in [2.05, 4.69) is 63.2 Å². The number of ether oxygens (including phenoxy) is 1. The van der Waals surface area contributed by atoms with Crippen LogP contribution in [0.3, 0.4) is 0 Å². The number of H-pyrrole nitrogens is 1. The van der Waals surface area contributed by atoms with Gasteiger partial charge in [-0.2, -0.15) is 0 Å². The van der Waals surface area contributed by atoms with Crippen molar-refractivity contribution in [2.75, 3.05) is 45.9 Å². The summed E-state index contributed by atoms with van der Waals surface area (Å²) in [5.41, 5.74) is 3.77. The molecule has 5 nitrogen and oxygen atoms in total. The van der Waals surface area contributed by atoms with Gasteiger partial charge >= 0.3 is 0 Å². The molecule has 0 bridgehead atoms. The number of aromatic nitrogens is 1. The summed E-state index contributed by atoms with van der Waals surface area (Å²) in [5, 5.41) is 5.42. The lowest BCUT2D eigenvalue weighted by Gasteiger charge is -2.26. The van der Waals surface area contributed by atoms with E-state index >= 15 is 0 Å². The van der Waals surface area contributed by atoms with E-state index in [0.717, 1.165) is 81.4 Å². The van der Waals surface area contributed by atoms with E-state index in [1.807, 2.05) is 6.07 Å². The summed E-state index contributed by atoms with van der Waals surface area (Å²) in [6.45, 7) is 9.47. The molecule has 1 saturated heterocycles. The Bertz CT molecular complexity index is 986. The predicted octanol–water partition coefficient (Wildman–Crippen LogP) is 5.03. The van der Waals surface area contributed by atoms with Crippen molar-refractivity contribution < 1.29 is 4.74 Å². The molecular formula is C25H33ClN4OS. The predicted molar refractivity (Wildman–Crippen MR) is 136 cm³/mol. The van der Waals surface area contributed by atoms with Gasteiger partial charge in [0.2, 0.25) is 0 Å². The molecule has 172 valence electrons. The Labute approximate surface area is 200 Å². The van der Waals surface area contributed by atoms with Gasteiger partial charge in [0.05, 0.1) is 6.61 Å². The Morgan fingerprint density at radius 3 is 2.72 bits per heavy atom. The van der Waals surface area contributed by atoms with Gasteiger partial charge in [-0.25, -0.2) is 0 Å². The average Bonchev–Trinajstić information content (AvgIpc) is 3.12. The minimum atomic E-state index is 0.771. The van der Waals surface area contributed by atoms with E-state index in [1.165, 1.54) is 21.5 Å². The second-order valence-corrected chi connectivity index (χ2v) is 9.68. The number of hydrogen-bond donors (Lipinski definition) is 3. The molecule has 0 amide bonds. The van der Waals surface area contributed by atoms with Crippen LogP contribution in [0.1, 0.15) is 24.1 Å². The van der Waals surface area contributed by atoms with Gasteiger partial charge in [-0.1, -0.05) is 11.6 Å². The topological polar surface area (TPSA) is 52.3 Å². The molecule has 0 radical (unpaired) electrons. The lowest BCUT2D eigenvalue weighted by Crippen LogP contribution is -2.43. The molecule has 1 fully saturated rings. The molecule has 1 aliphatic heterocycles. The zero-order valence-corrected chi connectivity index (χ0v) is 20.3. The Hall–Kier alpha value is -1.70. The van der Waals surface area contributed by atoms with Gasteiger partial charge < -0.3 is 19.9 Å². The first-order valence-corrected chi connectivity index (χ1v) is 12.7. The molecular weight excluding hydrogens is 440 g/mol. The van der Waals surface area contributed by atoms with E-state index < -0.39 is 0 Å². The van der Waals surface area contributed by atoms with Gasteiger partial charge in [-0.05, 0) is 86.2 Å². The first-order chi connectivity index (χ1) is 15.7. The first kappa shape index (κ1) is 23.5. The Morgan fingerprint density at radius 1 is 1.09 bits per heavy atom. The summed E-state index contributed by atoms with van der Waals surface area (Å²) in [7, 11) is 0. The van der Waals surface area contributed by atoms with Gasteiger partial charge in [0, 0.05) is 65.8 Å². The lowest BCUT2D eigenvalue weighted by molar-refractivity contribution is 0.214. The smallest absolute Gasteiger partial charge is 0.119 e. The van der Waals surface area contributed by atoms with Crippen LogP contribution in [0.5, 0.6) is 5.75 Å². The molecule has 2 heterocycles. The number of aryl methyl sites for hydroxylation is 2. The summed E-state index contributed by atoms with van der Waals surface area (Å²) >= 11 is 7.86. The molecule has 0 spiro atoms. The lowest BCUT2D eigenvalue weighted by atomic mass is 10.1. The average molecular weight is 473 g/mol. The number of nitrogens with one attached hydrogen (secondary N) is 3. The Morgan fingerprint density at radius 2 is 1.91 bits per heavy atom. The summed E-state index contributed by atoms with van der Waals surface area (Å²) < 4.78 is 9.39. The standard InChI is InChI=1S/C25H33ClN4OS/c1-19-23(24-18-20(26)5-10-25(24)29-19)4-2-11-28-32-22-8-6-21(7-9-22)31-17-3-14-30-15-12-27-13-16-30/h5-10,18,27-29H,2-4,11-17H2,1H3. The minimum Gasteiger partial charge on any atom is -0.494 e. The van der Waals surface area contributed by atoms with Gasteiger partial charge in [0.25, 0.3) is 0 Å². The van der Waals surface area contributed by atoms with Crippen molar-refractivity contribution >= 4 is 34.5 Å². The number of fused-ring (bicyclic) bond motifs is 1. The van der Waals surface area contributed by atoms with Crippen LogP contribution in [-0.2, 0) is 6.42 Å². The number of piperazine rings is 1. The van der Waals surface area contributed by atoms with Crippen molar-refractivity contribution in [1.29, 1.82) is 0 Å². The molecule has 2 aromatic carbocycles. The summed E-state index contributed by atoms with van der Waals surface area (Å²) in [6.07, 6.45) is 3.17. The molecule has 3 N–H and O–H groups in total. The van der Waals surface area contributed by atoms with E-state index in [-0.39, 0.29) is 0 Å². The van der Waals surface area contributed by atoms with Crippen molar-refractivity contribution in [1.82, 2.24) is 19.9 Å². The Kier molecular flexibility index (Phi) is 8.77. The van der Waals surface area contributed by atoms with Crippen molar-refractivity contribution in [2.24, 2.45) is 0 Å². The number of halogens is 1. The maximum absolute atomic E-state index is 6.19. The van der Waals surface area contributed by atoms with Crippen LogP contribution in [0.15, 0.2) is 47.4 Å². The third kappa shape index (κ3) is 6.65. The van der Waals surface area contributed by atoms with Crippen molar-refractivity contribution in [3.63, 3.8) is 0 Å². The highest BCUT2D eigenvalue weighted by Crippen LogP contribution is 2.26. The van der Waals surface area contributed by atoms with Crippen LogP contribution >= 0.6 is 23.5 Å². The maximum atomic E-state index is 6.19. The molecule has 0 saturated carbocycles. The molecule has 0 aliphatic carbocycles. The van der Waals surface area contributed by atoms with Gasteiger partial charge in [0.15, 0.2) is 0 Å². The highest BCUT2D eigenvalue weighted by atomic mass is 35.5. The molecule has 1 aromatic heterocycles. The number of aromatic amines is 1. The maximum Gasteiger partial charge on any atom is 0.119 e. The SMILES string of the molecule is Cc1[nH]c2ccc(Cl)cc2c1CCCNSc1ccc(OCCCN2CCNCC2)cc1. The van der Waals surface area contributed by atoms with Crippen LogP contribution in [0.4, 0.5) is 0 Å². The molecule has 0 unspecified atom stereocenters.